The molecule has 2 heterocycles. The van der Waals surface area contributed by atoms with E-state index in [0.29, 0.717) is 30.6 Å². The van der Waals surface area contributed by atoms with Gasteiger partial charge in [0.05, 0.1) is 6.04 Å². The molecular formula is C28H33N3O2. The van der Waals surface area contributed by atoms with Crippen molar-refractivity contribution in [1.29, 1.82) is 5.26 Å². The molecule has 2 unspecified atom stereocenters. The highest BCUT2D eigenvalue weighted by molar-refractivity contribution is 5.98. The van der Waals surface area contributed by atoms with Gasteiger partial charge in [0.1, 0.15) is 25.3 Å². The Bertz CT molecular complexity index is 1110. The molecule has 0 saturated carbocycles. The molecule has 0 spiro atoms. The van der Waals surface area contributed by atoms with E-state index in [1.54, 1.807) is 0 Å². The maximum atomic E-state index is 9.82. The van der Waals surface area contributed by atoms with E-state index in [1.807, 2.05) is 0 Å². The van der Waals surface area contributed by atoms with Crippen LogP contribution in [0.25, 0.3) is 0 Å². The Morgan fingerprint density at radius 2 is 1.39 bits per heavy atom. The molecule has 172 valence electrons. The summed E-state index contributed by atoms with van der Waals surface area (Å²) < 4.78 is 11.7. The van der Waals surface area contributed by atoms with E-state index < -0.39 is 0 Å². The Hall–Kier alpha value is -3.26. The molecule has 2 aliphatic rings. The topological polar surface area (TPSA) is 66.6 Å². The largest absolute Gasteiger partial charge is 0.476 e. The zero-order valence-electron chi connectivity index (χ0n) is 20.4. The lowest BCUT2D eigenvalue weighted by Crippen LogP contribution is -2.17. The number of benzene rings is 2. The van der Waals surface area contributed by atoms with Crippen LogP contribution in [0.2, 0.25) is 0 Å². The molecule has 4 rings (SSSR count). The van der Waals surface area contributed by atoms with Crippen molar-refractivity contribution in [1.82, 2.24) is 5.32 Å². The first-order chi connectivity index (χ1) is 15.6. The van der Waals surface area contributed by atoms with Crippen LogP contribution in [0.1, 0.15) is 75.9 Å². The Labute approximate surface area is 197 Å². The van der Waals surface area contributed by atoms with E-state index in [2.05, 4.69) is 101 Å². The zero-order valence-corrected chi connectivity index (χ0v) is 20.4. The van der Waals surface area contributed by atoms with Crippen LogP contribution < -0.4 is 5.32 Å². The summed E-state index contributed by atoms with van der Waals surface area (Å²) in [7, 11) is 0. The second kappa shape index (κ2) is 8.59. The van der Waals surface area contributed by atoms with Gasteiger partial charge in [-0.25, -0.2) is 4.99 Å². The van der Waals surface area contributed by atoms with Gasteiger partial charge in [-0.05, 0) is 33.1 Å². The van der Waals surface area contributed by atoms with Crippen LogP contribution in [0.15, 0.2) is 65.0 Å². The molecule has 0 aliphatic carbocycles. The first kappa shape index (κ1) is 22.9. The number of nitrogens with one attached hydrogen (secondary N) is 1. The molecule has 2 aliphatic heterocycles. The number of hydrogen-bond acceptors (Lipinski definition) is 5. The lowest BCUT2D eigenvalue weighted by molar-refractivity contribution is 0.251. The van der Waals surface area contributed by atoms with E-state index in [4.69, 9.17) is 14.5 Å². The number of nitriles is 1. The predicted molar refractivity (Wildman–Crippen MR) is 131 cm³/mol. The van der Waals surface area contributed by atoms with Crippen LogP contribution in [0, 0.1) is 11.3 Å². The second-order valence-corrected chi connectivity index (χ2v) is 10.8. The minimum Gasteiger partial charge on any atom is -0.476 e. The van der Waals surface area contributed by atoms with Gasteiger partial charge in [-0.15, -0.1) is 0 Å². The number of rotatable bonds is 3. The summed E-state index contributed by atoms with van der Waals surface area (Å²) in [4.78, 5) is 4.70. The van der Waals surface area contributed by atoms with Crippen LogP contribution >= 0.6 is 0 Å². The van der Waals surface area contributed by atoms with E-state index in [0.717, 1.165) is 11.1 Å². The van der Waals surface area contributed by atoms with E-state index in [1.165, 1.54) is 11.1 Å². The molecule has 33 heavy (non-hydrogen) atoms. The van der Waals surface area contributed by atoms with Crippen LogP contribution in [0.5, 0.6) is 0 Å². The summed E-state index contributed by atoms with van der Waals surface area (Å²) in [6.07, 6.45) is 0. The average Bonchev–Trinajstić information content (AvgIpc) is 3.44. The van der Waals surface area contributed by atoms with Gasteiger partial charge in [-0.1, -0.05) is 90.1 Å². The highest BCUT2D eigenvalue weighted by atomic mass is 16.5. The molecule has 5 nitrogen and oxygen atoms in total. The summed E-state index contributed by atoms with van der Waals surface area (Å²) >= 11 is 0. The zero-order chi connectivity index (χ0) is 23.8. The SMILES string of the molecule is CC(C)(C)c1ccc(C2COC(C(C#N)=C3NC(c4ccc(C(C)(C)C)cc4)CO3)=N2)cc1. The predicted octanol–water partition coefficient (Wildman–Crippen LogP) is 5.85. The summed E-state index contributed by atoms with van der Waals surface area (Å²) in [5, 5.41) is 13.2. The maximum Gasteiger partial charge on any atom is 0.233 e. The summed E-state index contributed by atoms with van der Waals surface area (Å²) in [6, 6.07) is 19.1. The van der Waals surface area contributed by atoms with Gasteiger partial charge >= 0.3 is 0 Å². The van der Waals surface area contributed by atoms with Crippen molar-refractivity contribution in [2.75, 3.05) is 13.2 Å². The molecular weight excluding hydrogens is 410 g/mol. The molecule has 0 radical (unpaired) electrons. The second-order valence-electron chi connectivity index (χ2n) is 10.8. The van der Waals surface area contributed by atoms with Crippen LogP contribution in [-0.4, -0.2) is 19.1 Å². The van der Waals surface area contributed by atoms with Crippen molar-refractivity contribution >= 4 is 5.90 Å². The van der Waals surface area contributed by atoms with Crippen molar-refractivity contribution in [2.45, 2.75) is 64.5 Å². The van der Waals surface area contributed by atoms with Gasteiger partial charge in [-0.3, -0.25) is 0 Å². The first-order valence-corrected chi connectivity index (χ1v) is 11.5. The Morgan fingerprint density at radius 1 is 0.848 bits per heavy atom. The van der Waals surface area contributed by atoms with Crippen molar-refractivity contribution in [3.05, 3.63) is 82.2 Å². The fourth-order valence-electron chi connectivity index (χ4n) is 4.03. The highest BCUT2D eigenvalue weighted by Crippen LogP contribution is 2.31. The van der Waals surface area contributed by atoms with Gasteiger partial charge < -0.3 is 14.8 Å². The number of nitrogens with zero attached hydrogens (tertiary/aromatic N) is 2. The molecule has 1 N–H and O–H groups in total. The van der Waals surface area contributed by atoms with E-state index in [9.17, 15) is 5.26 Å². The fraction of sp³-hybridized carbons (Fsp3) is 0.429. The Morgan fingerprint density at radius 3 is 1.91 bits per heavy atom. The monoisotopic (exact) mass is 443 g/mol. The fourth-order valence-corrected chi connectivity index (χ4v) is 4.03. The minimum atomic E-state index is -0.125. The quantitative estimate of drug-likeness (QED) is 0.605. The third-order valence-corrected chi connectivity index (χ3v) is 6.24. The third kappa shape index (κ3) is 4.90. The minimum absolute atomic E-state index is 0.0138. The molecule has 1 fully saturated rings. The lowest BCUT2D eigenvalue weighted by Gasteiger charge is -2.19. The smallest absolute Gasteiger partial charge is 0.233 e. The van der Waals surface area contributed by atoms with Crippen LogP contribution in [0.3, 0.4) is 0 Å². The Kier molecular flexibility index (Phi) is 5.97. The molecule has 2 aromatic carbocycles. The van der Waals surface area contributed by atoms with Gasteiger partial charge in [0.25, 0.3) is 0 Å². The lowest BCUT2D eigenvalue weighted by atomic mass is 9.86. The highest BCUT2D eigenvalue weighted by Gasteiger charge is 2.31. The van der Waals surface area contributed by atoms with Gasteiger partial charge in [-0.2, -0.15) is 5.26 Å². The summed E-state index contributed by atoms with van der Waals surface area (Å²) in [5.41, 5.74) is 5.30. The van der Waals surface area contributed by atoms with Gasteiger partial charge in [0.15, 0.2) is 5.57 Å². The van der Waals surface area contributed by atoms with Crippen LogP contribution in [0.4, 0.5) is 0 Å². The molecule has 0 bridgehead atoms. The normalized spacial score (nSPS) is 22.0. The Balaban J connectivity index is 1.50. The molecule has 0 amide bonds. The molecule has 1 saturated heterocycles. The first-order valence-electron chi connectivity index (χ1n) is 11.5. The number of aliphatic imine (C=N–C) groups is 1. The van der Waals surface area contributed by atoms with Gasteiger partial charge in [0, 0.05) is 0 Å². The number of ether oxygens (including phenoxy) is 2. The maximum absolute atomic E-state index is 9.82. The van der Waals surface area contributed by atoms with Crippen molar-refractivity contribution < 1.29 is 9.47 Å². The standard InChI is InChI=1S/C28H33N3O2/c1-27(2,3)20-11-7-18(8-12-20)23-16-32-25(30-23)22(15-29)26-31-24(17-33-26)19-9-13-21(14-10-19)28(4,5)6/h7-14,23-24,30H,16-17H2,1-6H3. The molecule has 0 aromatic heterocycles. The average molecular weight is 444 g/mol. The van der Waals surface area contributed by atoms with Gasteiger partial charge in [0.2, 0.25) is 11.8 Å². The van der Waals surface area contributed by atoms with Crippen molar-refractivity contribution in [2.24, 2.45) is 4.99 Å². The molecule has 5 heteroatoms. The van der Waals surface area contributed by atoms with Crippen molar-refractivity contribution in [3.63, 3.8) is 0 Å². The van der Waals surface area contributed by atoms with E-state index in [-0.39, 0.29) is 22.9 Å². The van der Waals surface area contributed by atoms with E-state index >= 15 is 0 Å². The summed E-state index contributed by atoms with van der Waals surface area (Å²) in [5.74, 6) is 0.776. The van der Waals surface area contributed by atoms with Crippen LogP contribution in [-0.2, 0) is 20.3 Å². The summed E-state index contributed by atoms with van der Waals surface area (Å²) in [6.45, 7) is 14.1. The third-order valence-electron chi connectivity index (χ3n) is 6.24. The molecule has 2 atom stereocenters. The number of hydrogen-bond donors (Lipinski definition) is 1. The van der Waals surface area contributed by atoms with Crippen molar-refractivity contribution in [3.8, 4) is 6.07 Å². The molecule has 2 aromatic rings.